The zero-order valence-corrected chi connectivity index (χ0v) is 26.5. The summed E-state index contributed by atoms with van der Waals surface area (Å²) >= 11 is 0. The fourth-order valence-corrected chi connectivity index (χ4v) is 5.81. The molecule has 6 nitrogen and oxygen atoms in total. The van der Waals surface area contributed by atoms with Gasteiger partial charge in [-0.05, 0) is 110 Å². The molecular formula is C37H33F4NO5. The predicted octanol–water partition coefficient (Wildman–Crippen LogP) is 8.61. The molecule has 1 N–H and O–H groups in total. The molecule has 1 aliphatic rings. The molecule has 6 rings (SSSR count). The molecule has 1 atom stereocenters. The van der Waals surface area contributed by atoms with Gasteiger partial charge in [-0.15, -0.1) is 0 Å². The maximum Gasteiger partial charge on any atom is 0.337 e. The summed E-state index contributed by atoms with van der Waals surface area (Å²) in [5.74, 6) is -4.34. The van der Waals surface area contributed by atoms with Gasteiger partial charge in [-0.2, -0.15) is 0 Å². The highest BCUT2D eigenvalue weighted by atomic mass is 19.2. The van der Waals surface area contributed by atoms with Crippen molar-refractivity contribution in [2.24, 2.45) is 0 Å². The van der Waals surface area contributed by atoms with Crippen LogP contribution in [0.15, 0.2) is 60.8 Å². The maximum atomic E-state index is 14.6. The zero-order valence-electron chi connectivity index (χ0n) is 26.5. The average molecular weight is 648 g/mol. The number of nitrogens with zero attached hydrogens (tertiary/aromatic N) is 1. The third kappa shape index (κ3) is 7.12. The number of pyridine rings is 1. The van der Waals surface area contributed by atoms with E-state index in [0.29, 0.717) is 62.9 Å². The Balaban J connectivity index is 0.000000305. The number of halogens is 4. The minimum atomic E-state index is -1.34. The molecular weight excluding hydrogens is 614 g/mol. The Hall–Kier alpha value is -4.83. The maximum absolute atomic E-state index is 14.6. The molecule has 4 aromatic carbocycles. The van der Waals surface area contributed by atoms with E-state index in [4.69, 9.17) is 9.47 Å². The Kier molecular flexibility index (Phi) is 9.36. The van der Waals surface area contributed by atoms with Crippen LogP contribution in [0, 0.1) is 30.2 Å². The lowest BCUT2D eigenvalue weighted by atomic mass is 9.85. The van der Waals surface area contributed by atoms with Crippen LogP contribution in [-0.4, -0.2) is 34.1 Å². The minimum Gasteiger partial charge on any atom is -0.493 e. The number of rotatable bonds is 6. The molecule has 0 radical (unpaired) electrons. The highest BCUT2D eigenvalue weighted by Crippen LogP contribution is 2.45. The largest absolute Gasteiger partial charge is 0.493 e. The van der Waals surface area contributed by atoms with Crippen LogP contribution in [0.3, 0.4) is 0 Å². The number of carboxylic acid groups (broad SMARTS) is 1. The first-order chi connectivity index (χ1) is 22.1. The lowest BCUT2D eigenvalue weighted by Gasteiger charge is -2.29. The predicted molar refractivity (Wildman–Crippen MR) is 170 cm³/mol. The van der Waals surface area contributed by atoms with Gasteiger partial charge in [-0.3, -0.25) is 9.78 Å². The van der Waals surface area contributed by atoms with Crippen LogP contribution in [0.5, 0.6) is 5.75 Å². The number of carbonyl (C=O) groups excluding carboxylic acids is 1. The highest BCUT2D eigenvalue weighted by Gasteiger charge is 2.33. The van der Waals surface area contributed by atoms with Crippen molar-refractivity contribution in [3.63, 3.8) is 0 Å². The van der Waals surface area contributed by atoms with Crippen molar-refractivity contribution in [1.82, 2.24) is 4.98 Å². The van der Waals surface area contributed by atoms with Gasteiger partial charge in [0.15, 0.2) is 29.4 Å². The first-order valence-electron chi connectivity index (χ1n) is 14.9. The lowest BCUT2D eigenvalue weighted by molar-refractivity contribution is -0.160. The average Bonchev–Trinajstić information content (AvgIpc) is 2.99. The Morgan fingerprint density at radius 2 is 1.66 bits per heavy atom. The molecule has 0 saturated carbocycles. The molecule has 0 bridgehead atoms. The molecule has 0 amide bonds. The third-order valence-electron chi connectivity index (χ3n) is 7.66. The number of aliphatic carboxylic acids is 1. The van der Waals surface area contributed by atoms with E-state index in [1.54, 1.807) is 46.0 Å². The van der Waals surface area contributed by atoms with E-state index in [0.717, 1.165) is 35.2 Å². The van der Waals surface area contributed by atoms with Crippen molar-refractivity contribution in [2.75, 3.05) is 6.61 Å². The fraction of sp³-hybridized carbons (Fsp3) is 0.270. The summed E-state index contributed by atoms with van der Waals surface area (Å²) in [5.41, 5.74) is 3.43. The van der Waals surface area contributed by atoms with E-state index in [1.165, 1.54) is 13.0 Å². The Morgan fingerprint density at radius 1 is 0.957 bits per heavy atom. The van der Waals surface area contributed by atoms with Crippen LogP contribution in [-0.2, 0) is 27.2 Å². The second-order valence-corrected chi connectivity index (χ2v) is 12.4. The number of aryl methyl sites for hydroxylation is 1. The summed E-state index contributed by atoms with van der Waals surface area (Å²) in [6.45, 7) is 9.03. The summed E-state index contributed by atoms with van der Waals surface area (Å²) in [5, 5.41) is 11.9. The van der Waals surface area contributed by atoms with Crippen LogP contribution in [0.25, 0.3) is 32.8 Å². The van der Waals surface area contributed by atoms with Crippen LogP contribution < -0.4 is 4.74 Å². The zero-order chi connectivity index (χ0) is 34.2. The Morgan fingerprint density at radius 3 is 2.32 bits per heavy atom. The first kappa shape index (κ1) is 33.5. The van der Waals surface area contributed by atoms with Crippen LogP contribution in [0.1, 0.15) is 56.1 Å². The number of fused-ring (bicyclic) bond motifs is 1. The number of ether oxygens (including phenoxy) is 2. The summed E-state index contributed by atoms with van der Waals surface area (Å²) in [6.07, 6.45) is 1.22. The standard InChI is InChI=1S/C28H25F2NO4.C9H8F2O/c1-14-11-16-12-19(29)20(30)13-18(16)24(22(14)26(27(32)33)35-28(2,3)4)17-5-6-21-23-15(8-10-34-21)7-9-31-25(17)23;1-6(12)4-7-2-3-8(10)9(11)5-7/h5-7,9,11-13,26H,8,10H2,1-4H3,(H,32,33);2-3,5H,4H2,1H3/t26-;/m0./s1. The first-order valence-corrected chi connectivity index (χ1v) is 14.9. The monoisotopic (exact) mass is 647 g/mol. The fourth-order valence-electron chi connectivity index (χ4n) is 5.81. The highest BCUT2D eigenvalue weighted by molar-refractivity contribution is 6.08. The number of aromatic nitrogens is 1. The van der Waals surface area contributed by atoms with Gasteiger partial charge >= 0.3 is 5.97 Å². The van der Waals surface area contributed by atoms with Crippen molar-refractivity contribution in [3.05, 3.63) is 106 Å². The van der Waals surface area contributed by atoms with Gasteiger partial charge in [-0.1, -0.05) is 12.1 Å². The van der Waals surface area contributed by atoms with Gasteiger partial charge in [0.25, 0.3) is 0 Å². The van der Waals surface area contributed by atoms with Gasteiger partial charge < -0.3 is 14.6 Å². The van der Waals surface area contributed by atoms with E-state index < -0.39 is 40.9 Å². The normalized spacial score (nSPS) is 13.1. The van der Waals surface area contributed by atoms with E-state index >= 15 is 0 Å². The van der Waals surface area contributed by atoms with Gasteiger partial charge in [-0.25, -0.2) is 22.4 Å². The van der Waals surface area contributed by atoms with Crippen molar-refractivity contribution in [3.8, 4) is 16.9 Å². The van der Waals surface area contributed by atoms with Crippen LogP contribution in [0.2, 0.25) is 0 Å². The molecule has 0 spiro atoms. The SMILES string of the molecule is CC(=O)Cc1ccc(F)c(F)c1.Cc1cc2cc(F)c(F)cc2c(-c2ccc3c4c(ccnc24)CCO3)c1[C@H](OC(C)(C)C)C(=O)O. The third-order valence-corrected chi connectivity index (χ3v) is 7.66. The molecule has 47 heavy (non-hydrogen) atoms. The summed E-state index contributed by atoms with van der Waals surface area (Å²) in [7, 11) is 0. The van der Waals surface area contributed by atoms with Gasteiger partial charge in [0, 0.05) is 35.6 Å². The van der Waals surface area contributed by atoms with Crippen molar-refractivity contribution in [2.45, 2.75) is 59.2 Å². The van der Waals surface area contributed by atoms with Crippen molar-refractivity contribution >= 4 is 33.4 Å². The van der Waals surface area contributed by atoms with Gasteiger partial charge in [0.2, 0.25) is 0 Å². The minimum absolute atomic E-state index is 0.0685. The molecule has 5 aromatic rings. The van der Waals surface area contributed by atoms with E-state index in [2.05, 4.69) is 4.98 Å². The number of Topliss-reactive ketones (excluding diaryl/α,β-unsaturated/α-hetero) is 1. The number of benzene rings is 4. The topological polar surface area (TPSA) is 85.7 Å². The molecule has 244 valence electrons. The summed E-state index contributed by atoms with van der Waals surface area (Å²) < 4.78 is 65.5. The van der Waals surface area contributed by atoms with E-state index in [1.807, 2.05) is 12.1 Å². The Bertz CT molecular complexity index is 2030. The Labute approximate surface area is 269 Å². The smallest absolute Gasteiger partial charge is 0.337 e. The molecule has 10 heteroatoms. The second kappa shape index (κ2) is 13.1. The second-order valence-electron chi connectivity index (χ2n) is 12.4. The molecule has 1 aliphatic heterocycles. The molecule has 0 aliphatic carbocycles. The number of hydrogen-bond acceptors (Lipinski definition) is 5. The van der Waals surface area contributed by atoms with Gasteiger partial charge in [0.1, 0.15) is 11.5 Å². The number of carboxylic acids is 1. The van der Waals surface area contributed by atoms with Crippen molar-refractivity contribution < 1.29 is 41.7 Å². The molecule has 0 unspecified atom stereocenters. The molecule has 2 heterocycles. The number of hydrogen-bond donors (Lipinski definition) is 1. The number of ketones is 1. The van der Waals surface area contributed by atoms with Gasteiger partial charge in [0.05, 0.1) is 17.7 Å². The summed E-state index contributed by atoms with van der Waals surface area (Å²) in [4.78, 5) is 27.7. The number of carbonyl (C=O) groups is 2. The lowest BCUT2D eigenvalue weighted by Crippen LogP contribution is -2.28. The molecule has 0 saturated heterocycles. The van der Waals surface area contributed by atoms with Crippen molar-refractivity contribution in [1.29, 1.82) is 0 Å². The summed E-state index contributed by atoms with van der Waals surface area (Å²) in [6, 6.07) is 12.9. The van der Waals surface area contributed by atoms with Crippen LogP contribution >= 0.6 is 0 Å². The molecule has 1 aromatic heterocycles. The van der Waals surface area contributed by atoms with E-state index in [9.17, 15) is 32.3 Å². The molecule has 0 fully saturated rings. The quantitative estimate of drug-likeness (QED) is 0.186. The van der Waals surface area contributed by atoms with Crippen LogP contribution in [0.4, 0.5) is 17.6 Å². The van der Waals surface area contributed by atoms with E-state index in [-0.39, 0.29) is 12.2 Å².